The van der Waals surface area contributed by atoms with Crippen molar-refractivity contribution >= 4 is 28.5 Å². The molecule has 0 bridgehead atoms. The molecule has 0 aliphatic carbocycles. The standard InChI is InChI=1S/C19H17FN2O3/c1-12-15-11-13(20)7-8-16(15)25-18(12)19(24)22(10-9-17(21)23)14-5-3-2-4-6-14/h2-8,11H,9-10H2,1H3,(H2,21,23). The second-order valence-electron chi connectivity index (χ2n) is 5.71. The molecule has 1 heterocycles. The summed E-state index contributed by atoms with van der Waals surface area (Å²) in [6, 6.07) is 13.0. The molecule has 0 radical (unpaired) electrons. The van der Waals surface area contributed by atoms with Crippen molar-refractivity contribution < 1.29 is 18.4 Å². The maximum absolute atomic E-state index is 13.5. The molecule has 0 spiro atoms. The van der Waals surface area contributed by atoms with Crippen molar-refractivity contribution in [3.8, 4) is 0 Å². The Morgan fingerprint density at radius 1 is 1.16 bits per heavy atom. The maximum atomic E-state index is 13.5. The predicted octanol–water partition coefficient (Wildman–Crippen LogP) is 3.40. The first-order valence-electron chi connectivity index (χ1n) is 7.81. The van der Waals surface area contributed by atoms with Crippen molar-refractivity contribution in [2.75, 3.05) is 11.4 Å². The predicted molar refractivity (Wildman–Crippen MR) is 92.8 cm³/mol. The minimum atomic E-state index is -0.503. The van der Waals surface area contributed by atoms with Crippen LogP contribution in [-0.4, -0.2) is 18.4 Å². The van der Waals surface area contributed by atoms with Gasteiger partial charge >= 0.3 is 0 Å². The molecule has 0 atom stereocenters. The fraction of sp³-hybridized carbons (Fsp3) is 0.158. The van der Waals surface area contributed by atoms with Gasteiger partial charge in [0.05, 0.1) is 0 Å². The van der Waals surface area contributed by atoms with E-state index in [9.17, 15) is 14.0 Å². The van der Waals surface area contributed by atoms with Gasteiger partial charge in [0.1, 0.15) is 11.4 Å². The highest BCUT2D eigenvalue weighted by molar-refractivity contribution is 6.08. The molecule has 25 heavy (non-hydrogen) atoms. The van der Waals surface area contributed by atoms with E-state index in [1.165, 1.54) is 23.1 Å². The number of carbonyl (C=O) groups is 2. The number of carbonyl (C=O) groups excluding carboxylic acids is 2. The third kappa shape index (κ3) is 3.38. The molecule has 0 unspecified atom stereocenters. The zero-order valence-corrected chi connectivity index (χ0v) is 13.7. The van der Waals surface area contributed by atoms with Crippen LogP contribution in [0.25, 0.3) is 11.0 Å². The summed E-state index contributed by atoms with van der Waals surface area (Å²) in [6.45, 7) is 1.83. The minimum Gasteiger partial charge on any atom is -0.451 e. The lowest BCUT2D eigenvalue weighted by Gasteiger charge is -2.21. The zero-order valence-electron chi connectivity index (χ0n) is 13.7. The van der Waals surface area contributed by atoms with E-state index in [-0.39, 0.29) is 18.7 Å². The highest BCUT2D eigenvalue weighted by Crippen LogP contribution is 2.28. The van der Waals surface area contributed by atoms with Gasteiger partial charge in [0, 0.05) is 29.6 Å². The van der Waals surface area contributed by atoms with Crippen molar-refractivity contribution in [2.24, 2.45) is 5.73 Å². The number of anilines is 1. The van der Waals surface area contributed by atoms with Crippen LogP contribution in [0, 0.1) is 12.7 Å². The van der Waals surface area contributed by atoms with Gasteiger partial charge in [0.25, 0.3) is 5.91 Å². The van der Waals surface area contributed by atoms with Crippen molar-refractivity contribution in [1.29, 1.82) is 0 Å². The first-order chi connectivity index (χ1) is 12.0. The SMILES string of the molecule is Cc1c(C(=O)N(CCC(N)=O)c2ccccc2)oc2ccc(F)cc12. The van der Waals surface area contributed by atoms with Crippen LogP contribution < -0.4 is 10.6 Å². The largest absolute Gasteiger partial charge is 0.451 e. The molecule has 3 rings (SSSR count). The Balaban J connectivity index is 2.02. The van der Waals surface area contributed by atoms with E-state index in [1.54, 1.807) is 31.2 Å². The fourth-order valence-electron chi connectivity index (χ4n) is 2.70. The van der Waals surface area contributed by atoms with Crippen LogP contribution in [-0.2, 0) is 4.79 Å². The first-order valence-corrected chi connectivity index (χ1v) is 7.81. The summed E-state index contributed by atoms with van der Waals surface area (Å²) in [6.07, 6.45) is 0.0224. The number of primary amides is 1. The molecule has 3 aromatic rings. The lowest BCUT2D eigenvalue weighted by Crippen LogP contribution is -2.34. The van der Waals surface area contributed by atoms with Gasteiger partial charge in [-0.2, -0.15) is 0 Å². The van der Waals surface area contributed by atoms with Gasteiger partial charge in [0.15, 0.2) is 5.76 Å². The fourth-order valence-corrected chi connectivity index (χ4v) is 2.70. The molecule has 6 heteroatoms. The highest BCUT2D eigenvalue weighted by Gasteiger charge is 2.25. The topological polar surface area (TPSA) is 76.5 Å². The summed E-state index contributed by atoms with van der Waals surface area (Å²) in [5.74, 6) is -1.18. The van der Waals surface area contributed by atoms with Crippen LogP contribution >= 0.6 is 0 Å². The summed E-state index contributed by atoms with van der Waals surface area (Å²) in [7, 11) is 0. The smallest absolute Gasteiger partial charge is 0.294 e. The van der Waals surface area contributed by atoms with E-state index >= 15 is 0 Å². The van der Waals surface area contributed by atoms with Crippen molar-refractivity contribution in [3.05, 3.63) is 65.7 Å². The summed E-state index contributed by atoms with van der Waals surface area (Å²) in [5.41, 5.74) is 6.84. The van der Waals surface area contributed by atoms with Gasteiger partial charge in [-0.25, -0.2) is 4.39 Å². The number of fused-ring (bicyclic) bond motifs is 1. The minimum absolute atomic E-state index is 0.0224. The number of furan rings is 1. The summed E-state index contributed by atoms with van der Waals surface area (Å²) in [5, 5.41) is 0.547. The number of amides is 2. The highest BCUT2D eigenvalue weighted by atomic mass is 19.1. The molecule has 2 N–H and O–H groups in total. The number of para-hydroxylation sites is 1. The van der Waals surface area contributed by atoms with Crippen molar-refractivity contribution in [1.82, 2.24) is 0 Å². The van der Waals surface area contributed by atoms with Gasteiger partial charge in [-0.05, 0) is 37.3 Å². The summed E-state index contributed by atoms with van der Waals surface area (Å²) < 4.78 is 19.1. The van der Waals surface area contributed by atoms with Crippen LogP contribution in [0.3, 0.4) is 0 Å². The molecule has 0 aliphatic heterocycles. The molecule has 1 aromatic heterocycles. The monoisotopic (exact) mass is 340 g/mol. The quantitative estimate of drug-likeness (QED) is 0.773. The van der Waals surface area contributed by atoms with E-state index in [0.29, 0.717) is 22.2 Å². The van der Waals surface area contributed by atoms with Crippen LogP contribution in [0.15, 0.2) is 52.9 Å². The maximum Gasteiger partial charge on any atom is 0.294 e. The Bertz CT molecular complexity index is 934. The van der Waals surface area contributed by atoms with Crippen LogP contribution in [0.2, 0.25) is 0 Å². The Morgan fingerprint density at radius 3 is 2.56 bits per heavy atom. The van der Waals surface area contributed by atoms with E-state index in [2.05, 4.69) is 0 Å². The summed E-state index contributed by atoms with van der Waals surface area (Å²) in [4.78, 5) is 25.6. The number of hydrogen-bond donors (Lipinski definition) is 1. The molecular weight excluding hydrogens is 323 g/mol. The Kier molecular flexibility index (Phi) is 4.52. The molecule has 0 saturated heterocycles. The Morgan fingerprint density at radius 2 is 1.88 bits per heavy atom. The lowest BCUT2D eigenvalue weighted by molar-refractivity contribution is -0.117. The average Bonchev–Trinajstić information content (AvgIpc) is 2.92. The van der Waals surface area contributed by atoms with E-state index in [1.807, 2.05) is 6.07 Å². The number of nitrogens with two attached hydrogens (primary N) is 1. The molecule has 128 valence electrons. The van der Waals surface area contributed by atoms with Crippen LogP contribution in [0.5, 0.6) is 0 Å². The van der Waals surface area contributed by atoms with E-state index in [4.69, 9.17) is 10.2 Å². The van der Waals surface area contributed by atoms with Gasteiger partial charge in [-0.15, -0.1) is 0 Å². The van der Waals surface area contributed by atoms with Gasteiger partial charge in [-0.3, -0.25) is 9.59 Å². The molecule has 2 aromatic carbocycles. The second kappa shape index (κ2) is 6.76. The van der Waals surface area contributed by atoms with Crippen molar-refractivity contribution in [2.45, 2.75) is 13.3 Å². The molecule has 0 aliphatic rings. The molecule has 5 nitrogen and oxygen atoms in total. The lowest BCUT2D eigenvalue weighted by atomic mass is 10.1. The van der Waals surface area contributed by atoms with Crippen LogP contribution in [0.1, 0.15) is 22.5 Å². The number of rotatable bonds is 5. The first kappa shape index (κ1) is 16.7. The van der Waals surface area contributed by atoms with Crippen LogP contribution in [0.4, 0.5) is 10.1 Å². The number of benzene rings is 2. The molecule has 2 amide bonds. The molecule has 0 saturated carbocycles. The second-order valence-corrected chi connectivity index (χ2v) is 5.71. The molecule has 0 fully saturated rings. The normalized spacial score (nSPS) is 10.8. The van der Waals surface area contributed by atoms with Gasteiger partial charge in [-0.1, -0.05) is 18.2 Å². The zero-order chi connectivity index (χ0) is 18.0. The van der Waals surface area contributed by atoms with Gasteiger partial charge in [0.2, 0.25) is 5.91 Å². The van der Waals surface area contributed by atoms with E-state index in [0.717, 1.165) is 0 Å². The van der Waals surface area contributed by atoms with Crippen molar-refractivity contribution in [3.63, 3.8) is 0 Å². The van der Waals surface area contributed by atoms with E-state index < -0.39 is 17.6 Å². The number of hydrogen-bond acceptors (Lipinski definition) is 3. The molecular formula is C19H17FN2O3. The third-order valence-corrected chi connectivity index (χ3v) is 3.99. The number of aryl methyl sites for hydroxylation is 1. The average molecular weight is 340 g/mol. The Hall–Kier alpha value is -3.15. The number of halogens is 1. The van der Waals surface area contributed by atoms with Gasteiger partial charge < -0.3 is 15.1 Å². The Labute approximate surface area is 143 Å². The number of nitrogens with zero attached hydrogens (tertiary/aromatic N) is 1. The summed E-state index contributed by atoms with van der Waals surface area (Å²) >= 11 is 0. The third-order valence-electron chi connectivity index (χ3n) is 3.99.